The second-order valence-corrected chi connectivity index (χ2v) is 5.49. The minimum Gasteiger partial charge on any atom is -0.496 e. The monoisotopic (exact) mass is 341 g/mol. The van der Waals surface area contributed by atoms with E-state index in [1.54, 1.807) is 31.4 Å². The van der Waals surface area contributed by atoms with Crippen molar-refractivity contribution in [3.63, 3.8) is 0 Å². The number of nitrogens with two attached hydrogens (primary N) is 1. The molecule has 2 aromatic carbocycles. The van der Waals surface area contributed by atoms with Gasteiger partial charge in [-0.3, -0.25) is 0 Å². The van der Waals surface area contributed by atoms with Gasteiger partial charge in [0.25, 0.3) is 0 Å². The topological polar surface area (TPSA) is 44.5 Å². The molecule has 0 unspecified atom stereocenters. The van der Waals surface area contributed by atoms with E-state index in [0.29, 0.717) is 33.7 Å². The smallest absolute Gasteiger partial charge is 0.156 e. The second kappa shape index (κ2) is 6.98. The molecule has 0 saturated carbocycles. The third-order valence-electron chi connectivity index (χ3n) is 2.83. The van der Waals surface area contributed by atoms with Crippen LogP contribution < -0.4 is 15.2 Å². The predicted molar refractivity (Wildman–Crippen MR) is 89.7 cm³/mol. The van der Waals surface area contributed by atoms with Gasteiger partial charge in [-0.2, -0.15) is 0 Å². The lowest BCUT2D eigenvalue weighted by atomic mass is 10.1. The van der Waals surface area contributed by atoms with Crippen LogP contribution in [0.5, 0.6) is 11.5 Å². The predicted octanol–water partition coefficient (Wildman–Crippen LogP) is 4.22. The van der Waals surface area contributed by atoms with Gasteiger partial charge in [0.15, 0.2) is 5.75 Å². The highest BCUT2D eigenvalue weighted by molar-refractivity contribution is 7.80. The Morgan fingerprint density at radius 3 is 2.43 bits per heavy atom. The van der Waals surface area contributed by atoms with Gasteiger partial charge < -0.3 is 15.2 Å². The summed E-state index contributed by atoms with van der Waals surface area (Å²) in [5.74, 6) is 1.08. The SMILES string of the molecule is COc1ccc(COc2c(Cl)cccc2Cl)cc1C(N)=S. The average molecular weight is 342 g/mol. The number of benzene rings is 2. The summed E-state index contributed by atoms with van der Waals surface area (Å²) in [6, 6.07) is 10.7. The Bertz CT molecular complexity index is 656. The number of ether oxygens (including phenoxy) is 2. The van der Waals surface area contributed by atoms with E-state index in [1.807, 2.05) is 12.1 Å². The lowest BCUT2D eigenvalue weighted by Crippen LogP contribution is -2.12. The van der Waals surface area contributed by atoms with Crippen molar-refractivity contribution in [1.29, 1.82) is 0 Å². The van der Waals surface area contributed by atoms with Gasteiger partial charge in [0, 0.05) is 0 Å². The Hall–Kier alpha value is -1.49. The lowest BCUT2D eigenvalue weighted by Gasteiger charge is -2.12. The molecular formula is C15H13Cl2NO2S. The van der Waals surface area contributed by atoms with E-state index in [1.165, 1.54) is 0 Å². The van der Waals surface area contributed by atoms with Crippen molar-refractivity contribution in [2.24, 2.45) is 5.73 Å². The van der Waals surface area contributed by atoms with Crippen LogP contribution in [0.1, 0.15) is 11.1 Å². The maximum absolute atomic E-state index is 6.05. The highest BCUT2D eigenvalue weighted by Gasteiger charge is 2.10. The van der Waals surface area contributed by atoms with Crippen molar-refractivity contribution < 1.29 is 9.47 Å². The van der Waals surface area contributed by atoms with Gasteiger partial charge in [0.2, 0.25) is 0 Å². The van der Waals surface area contributed by atoms with Crippen LogP contribution in [-0.4, -0.2) is 12.1 Å². The fraction of sp³-hybridized carbons (Fsp3) is 0.133. The zero-order chi connectivity index (χ0) is 15.4. The van der Waals surface area contributed by atoms with Gasteiger partial charge in [-0.1, -0.05) is 47.6 Å². The highest BCUT2D eigenvalue weighted by atomic mass is 35.5. The van der Waals surface area contributed by atoms with Gasteiger partial charge in [0.05, 0.1) is 22.7 Å². The van der Waals surface area contributed by atoms with E-state index in [2.05, 4.69) is 0 Å². The third-order valence-corrected chi connectivity index (χ3v) is 3.65. The molecule has 2 aromatic rings. The first kappa shape index (κ1) is 15.9. The number of rotatable bonds is 5. The van der Waals surface area contributed by atoms with Crippen LogP contribution in [0, 0.1) is 0 Å². The Morgan fingerprint density at radius 2 is 1.86 bits per heavy atom. The Balaban J connectivity index is 2.21. The number of thiocarbonyl (C=S) groups is 1. The summed E-state index contributed by atoms with van der Waals surface area (Å²) in [6.45, 7) is 0.295. The van der Waals surface area contributed by atoms with Crippen molar-refractivity contribution in [3.05, 3.63) is 57.6 Å². The van der Waals surface area contributed by atoms with Crippen LogP contribution in [0.15, 0.2) is 36.4 Å². The first-order chi connectivity index (χ1) is 10.0. The summed E-state index contributed by atoms with van der Waals surface area (Å²) < 4.78 is 10.9. The fourth-order valence-corrected chi connectivity index (χ4v) is 2.48. The van der Waals surface area contributed by atoms with Crippen LogP contribution in [0.4, 0.5) is 0 Å². The molecule has 0 spiro atoms. The van der Waals surface area contributed by atoms with Gasteiger partial charge in [-0.05, 0) is 29.8 Å². The zero-order valence-electron chi connectivity index (χ0n) is 11.2. The molecule has 3 nitrogen and oxygen atoms in total. The summed E-state index contributed by atoms with van der Waals surface area (Å²) in [5.41, 5.74) is 7.23. The summed E-state index contributed by atoms with van der Waals surface area (Å²) in [4.78, 5) is 0.268. The second-order valence-electron chi connectivity index (χ2n) is 4.24. The van der Waals surface area contributed by atoms with E-state index < -0.39 is 0 Å². The molecule has 0 aliphatic heterocycles. The van der Waals surface area contributed by atoms with Gasteiger partial charge in [-0.25, -0.2) is 0 Å². The Kier molecular flexibility index (Phi) is 5.28. The molecule has 0 atom stereocenters. The molecule has 0 heterocycles. The molecule has 0 saturated heterocycles. The Labute approximate surface area is 138 Å². The maximum Gasteiger partial charge on any atom is 0.156 e. The van der Waals surface area contributed by atoms with Crippen molar-refractivity contribution in [2.45, 2.75) is 6.61 Å². The van der Waals surface area contributed by atoms with Crippen LogP contribution in [0.3, 0.4) is 0 Å². The van der Waals surface area contributed by atoms with Crippen LogP contribution in [0.25, 0.3) is 0 Å². The number of halogens is 2. The summed E-state index contributed by atoms with van der Waals surface area (Å²) >= 11 is 17.1. The number of methoxy groups -OCH3 is 1. The molecule has 0 aliphatic rings. The molecule has 110 valence electrons. The largest absolute Gasteiger partial charge is 0.496 e. The fourth-order valence-electron chi connectivity index (χ4n) is 1.81. The van der Waals surface area contributed by atoms with Crippen LogP contribution in [-0.2, 0) is 6.61 Å². The highest BCUT2D eigenvalue weighted by Crippen LogP contribution is 2.33. The summed E-state index contributed by atoms with van der Waals surface area (Å²) in [7, 11) is 1.57. The molecule has 2 N–H and O–H groups in total. The van der Waals surface area contributed by atoms with E-state index in [4.69, 9.17) is 50.6 Å². The molecule has 2 rings (SSSR count). The molecule has 0 aliphatic carbocycles. The molecule has 0 aromatic heterocycles. The molecule has 21 heavy (non-hydrogen) atoms. The van der Waals surface area contributed by atoms with E-state index in [0.717, 1.165) is 5.56 Å². The van der Waals surface area contributed by atoms with Crippen molar-refractivity contribution >= 4 is 40.4 Å². The molecule has 0 amide bonds. The number of hydrogen-bond acceptors (Lipinski definition) is 3. The van der Waals surface area contributed by atoms with Crippen LogP contribution in [0.2, 0.25) is 10.0 Å². The third kappa shape index (κ3) is 3.79. The zero-order valence-corrected chi connectivity index (χ0v) is 13.6. The molecule has 0 fully saturated rings. The van der Waals surface area contributed by atoms with Crippen molar-refractivity contribution in [2.75, 3.05) is 7.11 Å². The van der Waals surface area contributed by atoms with Crippen molar-refractivity contribution in [3.8, 4) is 11.5 Å². The molecule has 6 heteroatoms. The van der Waals surface area contributed by atoms with Gasteiger partial charge in [0.1, 0.15) is 17.3 Å². The van der Waals surface area contributed by atoms with Gasteiger partial charge in [-0.15, -0.1) is 0 Å². The van der Waals surface area contributed by atoms with Gasteiger partial charge >= 0.3 is 0 Å². The normalized spacial score (nSPS) is 10.2. The maximum atomic E-state index is 6.05. The minimum atomic E-state index is 0.268. The molecule has 0 radical (unpaired) electrons. The molecule has 0 bridgehead atoms. The summed E-state index contributed by atoms with van der Waals surface area (Å²) in [5, 5.41) is 0.927. The molecular weight excluding hydrogens is 329 g/mol. The minimum absolute atomic E-state index is 0.268. The number of para-hydroxylation sites is 1. The standard InChI is InChI=1S/C15H13Cl2NO2S/c1-19-13-6-5-9(7-10(13)15(18)21)8-20-14-11(16)3-2-4-12(14)17/h2-7H,8H2,1H3,(H2,18,21). The first-order valence-electron chi connectivity index (χ1n) is 6.06. The van der Waals surface area contributed by atoms with E-state index >= 15 is 0 Å². The first-order valence-corrected chi connectivity index (χ1v) is 7.23. The quantitative estimate of drug-likeness (QED) is 0.827. The average Bonchev–Trinajstić information content (AvgIpc) is 2.46. The van der Waals surface area contributed by atoms with E-state index in [-0.39, 0.29) is 4.99 Å². The summed E-state index contributed by atoms with van der Waals surface area (Å²) in [6.07, 6.45) is 0. The van der Waals surface area contributed by atoms with E-state index in [9.17, 15) is 0 Å². The Morgan fingerprint density at radius 1 is 1.19 bits per heavy atom. The lowest BCUT2D eigenvalue weighted by molar-refractivity contribution is 0.306. The van der Waals surface area contributed by atoms with Crippen molar-refractivity contribution in [1.82, 2.24) is 0 Å². The number of hydrogen-bond donors (Lipinski definition) is 1. The van der Waals surface area contributed by atoms with Crippen LogP contribution >= 0.6 is 35.4 Å².